The second kappa shape index (κ2) is 6.66. The van der Waals surface area contributed by atoms with Crippen LogP contribution in [-0.4, -0.2) is 47.9 Å². The van der Waals surface area contributed by atoms with Crippen molar-refractivity contribution in [1.82, 2.24) is 9.80 Å². The summed E-state index contributed by atoms with van der Waals surface area (Å²) in [4.78, 5) is 15.0. The predicted molar refractivity (Wildman–Crippen MR) is 79.7 cm³/mol. The zero-order valence-electron chi connectivity index (χ0n) is 12.4. The van der Waals surface area contributed by atoms with Crippen molar-refractivity contribution in [2.24, 2.45) is 0 Å². The number of hydrogen-bond acceptors (Lipinski definition) is 5. The third-order valence-corrected chi connectivity index (χ3v) is 4.22. The Balaban J connectivity index is 2.24. The lowest BCUT2D eigenvalue weighted by Crippen LogP contribution is -2.43. The maximum absolute atomic E-state index is 11.2. The summed E-state index contributed by atoms with van der Waals surface area (Å²) in [7, 11) is 3.97. The number of nitriles is 1. The molecule has 1 aliphatic rings. The first-order valence-electron chi connectivity index (χ1n) is 7.08. The van der Waals surface area contributed by atoms with Crippen LogP contribution in [0.3, 0.4) is 0 Å². The van der Waals surface area contributed by atoms with E-state index >= 15 is 0 Å². The summed E-state index contributed by atoms with van der Waals surface area (Å²) in [6, 6.07) is 8.44. The van der Waals surface area contributed by atoms with Gasteiger partial charge < -0.3 is 4.90 Å². The molecule has 1 aliphatic heterocycles. The van der Waals surface area contributed by atoms with E-state index in [1.807, 2.05) is 11.9 Å². The molecule has 1 heterocycles. The maximum atomic E-state index is 11.2. The molecule has 1 saturated heterocycles. The first kappa shape index (κ1) is 15.4. The molecular formula is C15H20N4O2. The van der Waals surface area contributed by atoms with E-state index in [-0.39, 0.29) is 11.7 Å². The van der Waals surface area contributed by atoms with Gasteiger partial charge in [0.2, 0.25) is 0 Å². The molecular weight excluding hydrogens is 268 g/mol. The minimum Gasteiger partial charge on any atom is -0.306 e. The Bertz CT molecular complexity index is 547. The number of rotatable bonds is 4. The summed E-state index contributed by atoms with van der Waals surface area (Å²) in [5.41, 5.74) is 0.496. The van der Waals surface area contributed by atoms with Crippen LogP contribution >= 0.6 is 0 Å². The van der Waals surface area contributed by atoms with Crippen LogP contribution in [0.25, 0.3) is 0 Å². The molecule has 112 valence electrons. The lowest BCUT2D eigenvalue weighted by Gasteiger charge is -2.37. The van der Waals surface area contributed by atoms with Gasteiger partial charge in [0.15, 0.2) is 0 Å². The Labute approximate surface area is 124 Å². The van der Waals surface area contributed by atoms with E-state index in [1.54, 1.807) is 18.2 Å². The zero-order chi connectivity index (χ0) is 15.4. The summed E-state index contributed by atoms with van der Waals surface area (Å²) in [6.07, 6.45) is 1.96. The fraction of sp³-hybridized carbons (Fsp3) is 0.533. The van der Waals surface area contributed by atoms with Gasteiger partial charge in [-0.2, -0.15) is 5.26 Å². The molecule has 6 nitrogen and oxygen atoms in total. The van der Waals surface area contributed by atoms with Crippen molar-refractivity contribution in [2.75, 3.05) is 27.2 Å². The number of nitro groups is 1. The predicted octanol–water partition coefficient (Wildman–Crippen LogP) is 2.19. The van der Waals surface area contributed by atoms with Crippen molar-refractivity contribution in [3.05, 3.63) is 39.9 Å². The molecule has 0 radical (unpaired) electrons. The summed E-state index contributed by atoms with van der Waals surface area (Å²) >= 11 is 0. The van der Waals surface area contributed by atoms with E-state index in [9.17, 15) is 15.4 Å². The average molecular weight is 288 g/mol. The molecule has 1 unspecified atom stereocenters. The normalized spacial score (nSPS) is 18.4. The van der Waals surface area contributed by atoms with Crippen LogP contribution in [0, 0.1) is 21.4 Å². The molecule has 0 N–H and O–H groups in total. The molecule has 21 heavy (non-hydrogen) atoms. The number of nitro benzene ring substituents is 1. The molecule has 2 rings (SSSR count). The van der Waals surface area contributed by atoms with Gasteiger partial charge in [-0.15, -0.1) is 0 Å². The van der Waals surface area contributed by atoms with Crippen LogP contribution in [0.15, 0.2) is 24.3 Å². The van der Waals surface area contributed by atoms with Crippen LogP contribution in [0.2, 0.25) is 0 Å². The van der Waals surface area contributed by atoms with Crippen LogP contribution in [0.1, 0.15) is 24.4 Å². The first-order valence-corrected chi connectivity index (χ1v) is 7.08. The molecule has 1 atom stereocenters. The topological polar surface area (TPSA) is 73.4 Å². The van der Waals surface area contributed by atoms with Crippen LogP contribution < -0.4 is 0 Å². The highest BCUT2D eigenvalue weighted by Crippen LogP contribution is 2.31. The van der Waals surface area contributed by atoms with E-state index in [1.165, 1.54) is 6.07 Å². The van der Waals surface area contributed by atoms with Gasteiger partial charge in [0, 0.05) is 12.1 Å². The zero-order valence-corrected chi connectivity index (χ0v) is 12.4. The maximum Gasteiger partial charge on any atom is 0.275 e. The third-order valence-electron chi connectivity index (χ3n) is 4.22. The van der Waals surface area contributed by atoms with E-state index in [0.717, 1.165) is 25.9 Å². The number of nitrogens with zero attached hydrogens (tertiary/aromatic N) is 4. The fourth-order valence-electron chi connectivity index (χ4n) is 2.88. The molecule has 6 heteroatoms. The summed E-state index contributed by atoms with van der Waals surface area (Å²) in [6.45, 7) is 1.98. The summed E-state index contributed by atoms with van der Waals surface area (Å²) in [5, 5.41) is 20.7. The minimum absolute atomic E-state index is 0.0174. The highest BCUT2D eigenvalue weighted by atomic mass is 16.6. The van der Waals surface area contributed by atoms with Gasteiger partial charge >= 0.3 is 0 Å². The monoisotopic (exact) mass is 288 g/mol. The third kappa shape index (κ3) is 3.38. The molecule has 0 aliphatic carbocycles. The Kier molecular flexibility index (Phi) is 4.89. The number of benzene rings is 1. The van der Waals surface area contributed by atoms with Gasteiger partial charge in [0.05, 0.1) is 16.6 Å². The number of piperidine rings is 1. The molecule has 0 spiro atoms. The van der Waals surface area contributed by atoms with Gasteiger partial charge in [0.25, 0.3) is 5.69 Å². The van der Waals surface area contributed by atoms with E-state index in [4.69, 9.17) is 0 Å². The van der Waals surface area contributed by atoms with Gasteiger partial charge in [-0.05, 0) is 46.1 Å². The number of hydrogen-bond donors (Lipinski definition) is 0. The highest BCUT2D eigenvalue weighted by molar-refractivity contribution is 5.44. The van der Waals surface area contributed by atoms with Crippen LogP contribution in [0.4, 0.5) is 5.69 Å². The largest absolute Gasteiger partial charge is 0.306 e. The van der Waals surface area contributed by atoms with Gasteiger partial charge in [-0.25, -0.2) is 0 Å². The smallest absolute Gasteiger partial charge is 0.275 e. The average Bonchev–Trinajstić information content (AvgIpc) is 2.49. The molecule has 0 aromatic heterocycles. The Morgan fingerprint density at radius 3 is 2.62 bits per heavy atom. The Morgan fingerprint density at radius 2 is 2.05 bits per heavy atom. The van der Waals surface area contributed by atoms with E-state index in [2.05, 4.69) is 18.0 Å². The van der Waals surface area contributed by atoms with Crippen molar-refractivity contribution >= 4 is 5.69 Å². The molecule has 0 amide bonds. The standard InChI is InChI=1S/C15H20N4O2/c1-17-9-7-12(8-10-17)18(2)15(11-16)13-5-3-4-6-14(13)19(20)21/h3-6,12,15H,7-10H2,1-2H3. The first-order chi connectivity index (χ1) is 10.0. The summed E-state index contributed by atoms with van der Waals surface area (Å²) in [5.74, 6) is 0. The molecule has 1 aromatic carbocycles. The lowest BCUT2D eigenvalue weighted by atomic mass is 9.98. The van der Waals surface area contributed by atoms with Crippen LogP contribution in [-0.2, 0) is 0 Å². The second-order valence-electron chi connectivity index (χ2n) is 5.55. The quantitative estimate of drug-likeness (QED) is 0.627. The van der Waals surface area contributed by atoms with Crippen molar-refractivity contribution in [1.29, 1.82) is 5.26 Å². The SMILES string of the molecule is CN1CCC(N(C)C(C#N)c2ccccc2[N+](=O)[O-])CC1. The van der Waals surface area contributed by atoms with Crippen LogP contribution in [0.5, 0.6) is 0 Å². The minimum atomic E-state index is -0.583. The van der Waals surface area contributed by atoms with Crippen molar-refractivity contribution in [2.45, 2.75) is 24.9 Å². The van der Waals surface area contributed by atoms with E-state index in [0.29, 0.717) is 5.56 Å². The fourth-order valence-corrected chi connectivity index (χ4v) is 2.88. The number of likely N-dealkylation sites (tertiary alicyclic amines) is 1. The van der Waals surface area contributed by atoms with Gasteiger partial charge in [0.1, 0.15) is 6.04 Å². The van der Waals surface area contributed by atoms with Crippen molar-refractivity contribution in [3.8, 4) is 6.07 Å². The van der Waals surface area contributed by atoms with Gasteiger partial charge in [-0.3, -0.25) is 15.0 Å². The Morgan fingerprint density at radius 1 is 1.43 bits per heavy atom. The summed E-state index contributed by atoms with van der Waals surface area (Å²) < 4.78 is 0. The molecule has 0 saturated carbocycles. The number of para-hydroxylation sites is 1. The Hall–Kier alpha value is -1.97. The molecule has 0 bridgehead atoms. The highest BCUT2D eigenvalue weighted by Gasteiger charge is 2.30. The van der Waals surface area contributed by atoms with Crippen molar-refractivity contribution in [3.63, 3.8) is 0 Å². The van der Waals surface area contributed by atoms with Crippen molar-refractivity contribution < 1.29 is 4.92 Å². The molecule has 1 aromatic rings. The molecule has 1 fully saturated rings. The van der Waals surface area contributed by atoms with E-state index < -0.39 is 11.0 Å². The van der Waals surface area contributed by atoms with Gasteiger partial charge in [-0.1, -0.05) is 12.1 Å². The lowest BCUT2D eigenvalue weighted by molar-refractivity contribution is -0.385. The second-order valence-corrected chi connectivity index (χ2v) is 5.55.